The number of benzene rings is 3. The summed E-state index contributed by atoms with van der Waals surface area (Å²) in [5.74, 6) is 0.393. The molecule has 3 aromatic carbocycles. The van der Waals surface area contributed by atoms with E-state index in [1.165, 1.54) is 23.9 Å². The standard InChI is InChI=1S/C30H32BrFN2O2S/c31-25-14-10-24(11-15-25)20-37-21-29(35)34(19-23-12-16-26(32)17-13-23)28(18-22-6-2-1-3-7-22)30(36)33-27-8-4-5-9-27/h1-3,6-7,10-17,27-28H,4-5,8-9,18-21H2,(H,33,36)/t28-/m0/s1. The highest BCUT2D eigenvalue weighted by molar-refractivity contribution is 9.10. The van der Waals surface area contributed by atoms with E-state index in [4.69, 9.17) is 0 Å². The zero-order chi connectivity index (χ0) is 26.0. The van der Waals surface area contributed by atoms with Crippen molar-refractivity contribution in [1.82, 2.24) is 10.2 Å². The number of hydrogen-bond donors (Lipinski definition) is 1. The molecule has 3 aromatic rings. The lowest BCUT2D eigenvalue weighted by Gasteiger charge is -2.32. The van der Waals surface area contributed by atoms with Gasteiger partial charge >= 0.3 is 0 Å². The van der Waals surface area contributed by atoms with Crippen molar-refractivity contribution in [3.05, 3.63) is 106 Å². The Morgan fingerprint density at radius 2 is 1.57 bits per heavy atom. The predicted octanol–water partition coefficient (Wildman–Crippen LogP) is 6.52. The van der Waals surface area contributed by atoms with Crippen LogP contribution in [0.3, 0.4) is 0 Å². The Balaban J connectivity index is 1.55. The molecule has 4 nitrogen and oxygen atoms in total. The zero-order valence-corrected chi connectivity index (χ0v) is 23.1. The van der Waals surface area contributed by atoms with Crippen molar-refractivity contribution in [3.8, 4) is 0 Å². The Morgan fingerprint density at radius 1 is 0.919 bits per heavy atom. The van der Waals surface area contributed by atoms with Crippen LogP contribution in [0.2, 0.25) is 0 Å². The summed E-state index contributed by atoms with van der Waals surface area (Å²) in [6.07, 6.45) is 4.58. The summed E-state index contributed by atoms with van der Waals surface area (Å²) in [5.41, 5.74) is 2.92. The molecule has 1 saturated carbocycles. The SMILES string of the molecule is O=C(NC1CCCC1)[C@H](Cc1ccccc1)N(Cc1ccc(F)cc1)C(=O)CSCc1ccc(Br)cc1. The molecule has 0 radical (unpaired) electrons. The van der Waals surface area contributed by atoms with Crippen LogP contribution in [0.5, 0.6) is 0 Å². The molecule has 0 spiro atoms. The van der Waals surface area contributed by atoms with E-state index in [9.17, 15) is 14.0 Å². The lowest BCUT2D eigenvalue weighted by atomic mass is 10.0. The number of carbonyl (C=O) groups excluding carboxylic acids is 2. The lowest BCUT2D eigenvalue weighted by molar-refractivity contribution is -0.139. The summed E-state index contributed by atoms with van der Waals surface area (Å²) >= 11 is 4.98. The average molecular weight is 584 g/mol. The molecular formula is C30H32BrFN2O2S. The van der Waals surface area contributed by atoms with E-state index >= 15 is 0 Å². The Kier molecular flexibility index (Phi) is 10.2. The molecule has 0 aliphatic heterocycles. The predicted molar refractivity (Wildman–Crippen MR) is 152 cm³/mol. The van der Waals surface area contributed by atoms with Crippen molar-refractivity contribution >= 4 is 39.5 Å². The number of carbonyl (C=O) groups is 2. The molecule has 0 unspecified atom stereocenters. The van der Waals surface area contributed by atoms with Gasteiger partial charge in [0.15, 0.2) is 0 Å². The third-order valence-electron chi connectivity index (χ3n) is 6.65. The first-order chi connectivity index (χ1) is 18.0. The Labute approximate surface area is 231 Å². The van der Waals surface area contributed by atoms with E-state index in [-0.39, 0.29) is 36.0 Å². The normalized spacial score (nSPS) is 14.3. The number of hydrogen-bond acceptors (Lipinski definition) is 3. The van der Waals surface area contributed by atoms with Crippen LogP contribution in [0.25, 0.3) is 0 Å². The number of halogens is 2. The fourth-order valence-electron chi connectivity index (χ4n) is 4.63. The molecule has 0 aromatic heterocycles. The molecule has 4 rings (SSSR count). The second-order valence-corrected chi connectivity index (χ2v) is 11.4. The number of amides is 2. The molecule has 1 N–H and O–H groups in total. The fraction of sp³-hybridized carbons (Fsp3) is 0.333. The summed E-state index contributed by atoms with van der Waals surface area (Å²) < 4.78 is 14.6. The van der Waals surface area contributed by atoms with Gasteiger partial charge in [-0.3, -0.25) is 9.59 Å². The van der Waals surface area contributed by atoms with Crippen LogP contribution in [-0.2, 0) is 28.3 Å². The minimum Gasteiger partial charge on any atom is -0.352 e. The first-order valence-electron chi connectivity index (χ1n) is 12.7. The van der Waals surface area contributed by atoms with Gasteiger partial charge in [0.1, 0.15) is 11.9 Å². The van der Waals surface area contributed by atoms with Gasteiger partial charge in [0.25, 0.3) is 0 Å². The van der Waals surface area contributed by atoms with Crippen molar-refractivity contribution in [2.45, 2.75) is 56.5 Å². The van der Waals surface area contributed by atoms with Crippen molar-refractivity contribution in [3.63, 3.8) is 0 Å². The topological polar surface area (TPSA) is 49.4 Å². The second kappa shape index (κ2) is 13.8. The van der Waals surface area contributed by atoms with Crippen LogP contribution in [0.4, 0.5) is 4.39 Å². The van der Waals surface area contributed by atoms with Crippen LogP contribution in [0.15, 0.2) is 83.3 Å². The van der Waals surface area contributed by atoms with Crippen molar-refractivity contribution < 1.29 is 14.0 Å². The van der Waals surface area contributed by atoms with Crippen LogP contribution in [0.1, 0.15) is 42.4 Å². The average Bonchev–Trinajstić information content (AvgIpc) is 3.42. The molecule has 0 bridgehead atoms. The molecule has 1 fully saturated rings. The summed E-state index contributed by atoms with van der Waals surface area (Å²) in [6.45, 7) is 0.244. The maximum Gasteiger partial charge on any atom is 0.243 e. The van der Waals surface area contributed by atoms with Gasteiger partial charge in [-0.05, 0) is 53.8 Å². The van der Waals surface area contributed by atoms with Gasteiger partial charge < -0.3 is 10.2 Å². The van der Waals surface area contributed by atoms with E-state index in [1.807, 2.05) is 54.6 Å². The van der Waals surface area contributed by atoms with Gasteiger partial charge in [-0.25, -0.2) is 4.39 Å². The second-order valence-electron chi connectivity index (χ2n) is 9.46. The smallest absolute Gasteiger partial charge is 0.243 e. The Hall–Kier alpha value is -2.64. The number of nitrogens with zero attached hydrogens (tertiary/aromatic N) is 1. The Bertz CT molecular complexity index is 1150. The number of thioether (sulfide) groups is 1. The molecule has 7 heteroatoms. The van der Waals surface area contributed by atoms with Crippen molar-refractivity contribution in [2.75, 3.05) is 5.75 Å². The maximum atomic E-state index is 13.7. The number of rotatable bonds is 11. The first kappa shape index (κ1) is 27.4. The summed E-state index contributed by atoms with van der Waals surface area (Å²) in [4.78, 5) is 29.0. The van der Waals surface area contributed by atoms with Gasteiger partial charge in [-0.15, -0.1) is 11.8 Å². The van der Waals surface area contributed by atoms with E-state index in [0.717, 1.165) is 46.8 Å². The minimum absolute atomic E-state index is 0.103. The van der Waals surface area contributed by atoms with E-state index in [2.05, 4.69) is 21.2 Å². The van der Waals surface area contributed by atoms with Crippen LogP contribution >= 0.6 is 27.7 Å². The van der Waals surface area contributed by atoms with Gasteiger partial charge in [0.05, 0.1) is 5.75 Å². The number of nitrogens with one attached hydrogen (secondary N) is 1. The van der Waals surface area contributed by atoms with Gasteiger partial charge in [0.2, 0.25) is 11.8 Å². The van der Waals surface area contributed by atoms with E-state index < -0.39 is 6.04 Å². The quantitative estimate of drug-likeness (QED) is 0.280. The van der Waals surface area contributed by atoms with Gasteiger partial charge in [-0.1, -0.05) is 83.4 Å². The van der Waals surface area contributed by atoms with E-state index in [0.29, 0.717) is 12.2 Å². The molecule has 37 heavy (non-hydrogen) atoms. The third kappa shape index (κ3) is 8.44. The highest BCUT2D eigenvalue weighted by Gasteiger charge is 2.32. The lowest BCUT2D eigenvalue weighted by Crippen LogP contribution is -2.52. The summed E-state index contributed by atoms with van der Waals surface area (Å²) in [6, 6.07) is 23.5. The van der Waals surface area contributed by atoms with Crippen LogP contribution in [-0.4, -0.2) is 34.6 Å². The molecule has 0 saturated heterocycles. The molecule has 1 aliphatic rings. The molecule has 0 heterocycles. The first-order valence-corrected chi connectivity index (χ1v) is 14.6. The highest BCUT2D eigenvalue weighted by Crippen LogP contribution is 2.22. The Morgan fingerprint density at radius 3 is 2.24 bits per heavy atom. The monoisotopic (exact) mass is 582 g/mol. The van der Waals surface area contributed by atoms with E-state index in [1.54, 1.807) is 17.0 Å². The van der Waals surface area contributed by atoms with Gasteiger partial charge in [-0.2, -0.15) is 0 Å². The van der Waals surface area contributed by atoms with Crippen LogP contribution in [0, 0.1) is 5.82 Å². The summed E-state index contributed by atoms with van der Waals surface area (Å²) in [7, 11) is 0. The molecular weight excluding hydrogens is 551 g/mol. The molecule has 1 aliphatic carbocycles. The minimum atomic E-state index is -0.658. The largest absolute Gasteiger partial charge is 0.352 e. The molecule has 1 atom stereocenters. The van der Waals surface area contributed by atoms with Crippen molar-refractivity contribution in [1.29, 1.82) is 0 Å². The van der Waals surface area contributed by atoms with Crippen LogP contribution < -0.4 is 5.32 Å². The molecule has 194 valence electrons. The fourth-order valence-corrected chi connectivity index (χ4v) is 5.76. The summed E-state index contributed by atoms with van der Waals surface area (Å²) in [5, 5.41) is 3.21. The molecule has 2 amide bonds. The van der Waals surface area contributed by atoms with Crippen molar-refractivity contribution in [2.24, 2.45) is 0 Å². The zero-order valence-electron chi connectivity index (χ0n) is 20.7. The third-order valence-corrected chi connectivity index (χ3v) is 8.16. The van der Waals surface area contributed by atoms with Gasteiger partial charge in [0, 0.05) is 29.2 Å². The highest BCUT2D eigenvalue weighted by atomic mass is 79.9. The maximum absolute atomic E-state index is 13.7.